The van der Waals surface area contributed by atoms with E-state index in [-0.39, 0.29) is 17.0 Å². The Bertz CT molecular complexity index is 1310. The molecule has 0 aromatic heterocycles. The first-order chi connectivity index (χ1) is 16.8. The van der Waals surface area contributed by atoms with E-state index in [1.807, 2.05) is 6.92 Å². The molecule has 0 aliphatic heterocycles. The lowest BCUT2D eigenvalue weighted by atomic mass is 10.2. The van der Waals surface area contributed by atoms with E-state index in [1.54, 1.807) is 36.4 Å². The quantitative estimate of drug-likeness (QED) is 0.340. The Kier molecular flexibility index (Phi) is 8.56. The summed E-state index contributed by atoms with van der Waals surface area (Å²) in [6.07, 6.45) is 1.36. The number of ether oxygens (including phenoxy) is 2. The first-order valence-corrected chi connectivity index (χ1v) is 12.0. The Labute approximate surface area is 204 Å². The molecule has 0 saturated heterocycles. The van der Waals surface area contributed by atoms with Crippen LogP contribution in [0, 0.1) is 12.7 Å². The van der Waals surface area contributed by atoms with E-state index in [9.17, 15) is 17.6 Å². The van der Waals surface area contributed by atoms with Gasteiger partial charge >= 0.3 is 0 Å². The number of carbonyl (C=O) groups is 1. The van der Waals surface area contributed by atoms with Gasteiger partial charge in [0.1, 0.15) is 5.82 Å². The van der Waals surface area contributed by atoms with Crippen LogP contribution in [0.25, 0.3) is 0 Å². The smallest absolute Gasteiger partial charge is 0.255 e. The van der Waals surface area contributed by atoms with Crippen molar-refractivity contribution in [3.05, 3.63) is 89.2 Å². The van der Waals surface area contributed by atoms with Gasteiger partial charge in [-0.3, -0.25) is 4.79 Å². The van der Waals surface area contributed by atoms with Crippen molar-refractivity contribution in [1.29, 1.82) is 0 Å². The highest BCUT2D eigenvalue weighted by Crippen LogP contribution is 2.29. The molecule has 0 bridgehead atoms. The van der Waals surface area contributed by atoms with Gasteiger partial charge in [0.2, 0.25) is 10.0 Å². The van der Waals surface area contributed by atoms with Gasteiger partial charge in [-0.1, -0.05) is 42.0 Å². The number of hydrogen-bond acceptors (Lipinski definition) is 6. The number of nitrogens with one attached hydrogen (secondary N) is 1. The summed E-state index contributed by atoms with van der Waals surface area (Å²) in [5, 5.41) is 3.91. The molecule has 0 atom stereocenters. The first kappa shape index (κ1) is 25.9. The van der Waals surface area contributed by atoms with Crippen molar-refractivity contribution in [2.75, 3.05) is 20.8 Å². The van der Waals surface area contributed by atoms with Crippen LogP contribution in [0.4, 0.5) is 4.39 Å². The van der Waals surface area contributed by atoms with Gasteiger partial charge in [0.15, 0.2) is 11.5 Å². The Morgan fingerprint density at radius 1 is 1.03 bits per heavy atom. The maximum Gasteiger partial charge on any atom is 0.255 e. The Balaban J connectivity index is 1.82. The van der Waals surface area contributed by atoms with E-state index in [2.05, 4.69) is 10.5 Å². The van der Waals surface area contributed by atoms with Crippen LogP contribution in [-0.2, 0) is 21.4 Å². The second kappa shape index (κ2) is 11.6. The molecule has 0 heterocycles. The van der Waals surface area contributed by atoms with Gasteiger partial charge in [-0.15, -0.1) is 0 Å². The fraction of sp³-hybridized carbons (Fsp3) is 0.200. The molecule has 0 unspecified atom stereocenters. The van der Waals surface area contributed by atoms with E-state index in [4.69, 9.17) is 9.47 Å². The van der Waals surface area contributed by atoms with Gasteiger partial charge in [0, 0.05) is 17.7 Å². The summed E-state index contributed by atoms with van der Waals surface area (Å²) in [7, 11) is -1.13. The molecule has 1 amide bonds. The molecular weight excluding hydrogens is 473 g/mol. The summed E-state index contributed by atoms with van der Waals surface area (Å²) in [6.45, 7) is 0.928. The summed E-state index contributed by atoms with van der Waals surface area (Å²) < 4.78 is 52.3. The number of halogens is 1. The molecule has 0 aliphatic carbocycles. The normalized spacial score (nSPS) is 11.6. The summed E-state index contributed by atoms with van der Waals surface area (Å²) in [4.78, 5) is 12.6. The summed E-state index contributed by atoms with van der Waals surface area (Å²) in [6, 6.07) is 17.2. The molecule has 8 nitrogen and oxygen atoms in total. The summed E-state index contributed by atoms with van der Waals surface area (Å²) >= 11 is 0. The molecule has 0 saturated carbocycles. The van der Waals surface area contributed by atoms with Gasteiger partial charge in [-0.2, -0.15) is 9.41 Å². The molecule has 184 valence electrons. The van der Waals surface area contributed by atoms with Crippen molar-refractivity contribution in [3.8, 4) is 11.5 Å². The molecule has 0 fully saturated rings. The van der Waals surface area contributed by atoms with E-state index in [0.717, 1.165) is 9.87 Å². The van der Waals surface area contributed by atoms with Crippen molar-refractivity contribution >= 4 is 22.1 Å². The average molecular weight is 500 g/mol. The van der Waals surface area contributed by atoms with Crippen LogP contribution in [-0.4, -0.2) is 45.6 Å². The van der Waals surface area contributed by atoms with Gasteiger partial charge in [0.25, 0.3) is 5.91 Å². The number of amides is 1. The van der Waals surface area contributed by atoms with Crippen LogP contribution < -0.4 is 14.9 Å². The molecule has 3 aromatic carbocycles. The molecule has 10 heteroatoms. The third-order valence-electron chi connectivity index (χ3n) is 5.11. The second-order valence-corrected chi connectivity index (χ2v) is 9.49. The van der Waals surface area contributed by atoms with Gasteiger partial charge in [-0.25, -0.2) is 18.2 Å². The standard InChI is InChI=1S/C25H26FN3O5S/c1-18-11-13-21(14-12-18)35(31,32)29(16-20-7-4-5-9-22(20)26)17-24(30)28-27-15-19-8-6-10-23(33-2)25(19)34-3/h4-15H,16-17H2,1-3H3,(H,28,30)/b27-15-. The fourth-order valence-corrected chi connectivity index (χ4v) is 4.66. The topological polar surface area (TPSA) is 97.3 Å². The third-order valence-corrected chi connectivity index (χ3v) is 6.92. The largest absolute Gasteiger partial charge is 0.493 e. The fourth-order valence-electron chi connectivity index (χ4n) is 3.28. The molecule has 0 aliphatic rings. The molecule has 0 spiro atoms. The SMILES string of the molecule is COc1cccc(/C=N\NC(=O)CN(Cc2ccccc2F)S(=O)(=O)c2ccc(C)cc2)c1OC. The number of rotatable bonds is 10. The predicted molar refractivity (Wildman–Crippen MR) is 130 cm³/mol. The molecule has 35 heavy (non-hydrogen) atoms. The number of methoxy groups -OCH3 is 2. The second-order valence-electron chi connectivity index (χ2n) is 7.55. The minimum Gasteiger partial charge on any atom is -0.493 e. The minimum absolute atomic E-state index is 0.00291. The minimum atomic E-state index is -4.11. The number of hydrazone groups is 1. The number of carbonyl (C=O) groups excluding carboxylic acids is 1. The van der Waals surface area contributed by atoms with Crippen LogP contribution in [0.2, 0.25) is 0 Å². The highest BCUT2D eigenvalue weighted by molar-refractivity contribution is 7.89. The summed E-state index contributed by atoms with van der Waals surface area (Å²) in [5.74, 6) is -0.352. The van der Waals surface area contributed by atoms with Gasteiger partial charge < -0.3 is 9.47 Å². The third kappa shape index (κ3) is 6.43. The average Bonchev–Trinajstić information content (AvgIpc) is 2.85. The van der Waals surface area contributed by atoms with Crippen molar-refractivity contribution in [1.82, 2.24) is 9.73 Å². The molecule has 3 aromatic rings. The Morgan fingerprint density at radius 2 is 1.74 bits per heavy atom. The number of hydrogen-bond donors (Lipinski definition) is 1. The zero-order valence-corrected chi connectivity index (χ0v) is 20.4. The van der Waals surface area contributed by atoms with Crippen molar-refractivity contribution in [2.45, 2.75) is 18.4 Å². The maximum atomic E-state index is 14.3. The van der Waals surface area contributed by atoms with E-state index in [0.29, 0.717) is 17.1 Å². The van der Waals surface area contributed by atoms with Crippen molar-refractivity contribution < 1.29 is 27.1 Å². The van der Waals surface area contributed by atoms with Crippen molar-refractivity contribution in [2.24, 2.45) is 5.10 Å². The number of para-hydroxylation sites is 1. The first-order valence-electron chi connectivity index (χ1n) is 10.6. The lowest BCUT2D eigenvalue weighted by Gasteiger charge is -2.22. The van der Waals surface area contributed by atoms with Crippen LogP contribution >= 0.6 is 0 Å². The highest BCUT2D eigenvalue weighted by Gasteiger charge is 2.27. The van der Waals surface area contributed by atoms with Crippen LogP contribution in [0.1, 0.15) is 16.7 Å². The molecule has 0 radical (unpaired) electrons. The van der Waals surface area contributed by atoms with Gasteiger partial charge in [-0.05, 0) is 37.3 Å². The maximum absolute atomic E-state index is 14.3. The lowest BCUT2D eigenvalue weighted by Crippen LogP contribution is -2.39. The molecule has 3 rings (SSSR count). The molecular formula is C25H26FN3O5S. The number of nitrogens with zero attached hydrogens (tertiary/aromatic N) is 2. The van der Waals surface area contributed by atoms with E-state index in [1.165, 1.54) is 50.8 Å². The monoisotopic (exact) mass is 499 g/mol. The van der Waals surface area contributed by atoms with Crippen LogP contribution in [0.3, 0.4) is 0 Å². The Hall–Kier alpha value is -3.76. The number of benzene rings is 3. The molecule has 1 N–H and O–H groups in total. The zero-order chi connectivity index (χ0) is 25.4. The van der Waals surface area contributed by atoms with Crippen LogP contribution in [0.15, 0.2) is 76.7 Å². The van der Waals surface area contributed by atoms with Crippen molar-refractivity contribution in [3.63, 3.8) is 0 Å². The highest BCUT2D eigenvalue weighted by atomic mass is 32.2. The lowest BCUT2D eigenvalue weighted by molar-refractivity contribution is -0.121. The van der Waals surface area contributed by atoms with E-state index >= 15 is 0 Å². The van der Waals surface area contributed by atoms with Gasteiger partial charge in [0.05, 0.1) is 31.9 Å². The summed E-state index contributed by atoms with van der Waals surface area (Å²) in [5.41, 5.74) is 3.88. The Morgan fingerprint density at radius 3 is 2.40 bits per heavy atom. The predicted octanol–water partition coefficient (Wildman–Crippen LogP) is 3.49. The number of aryl methyl sites for hydroxylation is 1. The number of sulfonamides is 1. The van der Waals surface area contributed by atoms with E-state index < -0.39 is 28.3 Å². The van der Waals surface area contributed by atoms with Crippen LogP contribution in [0.5, 0.6) is 11.5 Å². The zero-order valence-electron chi connectivity index (χ0n) is 19.6.